The van der Waals surface area contributed by atoms with Gasteiger partial charge in [-0.05, 0) is 48.8 Å². The van der Waals surface area contributed by atoms with Gasteiger partial charge in [0.1, 0.15) is 5.82 Å². The van der Waals surface area contributed by atoms with Crippen LogP contribution in [0.1, 0.15) is 51.0 Å². The molecular formula is C17H26ClFN2. The van der Waals surface area contributed by atoms with Crippen LogP contribution in [0.15, 0.2) is 18.2 Å². The van der Waals surface area contributed by atoms with E-state index in [4.69, 9.17) is 17.4 Å². The molecule has 1 unspecified atom stereocenters. The van der Waals surface area contributed by atoms with Crippen molar-refractivity contribution in [2.24, 2.45) is 17.7 Å². The third kappa shape index (κ3) is 4.67. The lowest BCUT2D eigenvalue weighted by atomic mass is 9.76. The van der Waals surface area contributed by atoms with Crippen molar-refractivity contribution in [3.8, 4) is 0 Å². The van der Waals surface area contributed by atoms with Gasteiger partial charge in [-0.25, -0.2) is 4.39 Å². The van der Waals surface area contributed by atoms with Gasteiger partial charge in [0.15, 0.2) is 0 Å². The molecule has 0 aliphatic heterocycles. The van der Waals surface area contributed by atoms with Gasteiger partial charge >= 0.3 is 0 Å². The Hall–Kier alpha value is -0.640. The maximum Gasteiger partial charge on any atom is 0.127 e. The van der Waals surface area contributed by atoms with Crippen LogP contribution in [0, 0.1) is 17.7 Å². The summed E-state index contributed by atoms with van der Waals surface area (Å²) < 4.78 is 13.9. The standard InChI is InChI=1S/C17H26ClFN2/c1-2-3-12-4-6-13(7-5-12)17(21-20)10-14-8-9-15(18)11-16(14)19/h8-9,11-13,17,21H,2-7,10,20H2,1H3. The van der Waals surface area contributed by atoms with Crippen LogP contribution in [0.2, 0.25) is 5.02 Å². The highest BCUT2D eigenvalue weighted by atomic mass is 35.5. The highest BCUT2D eigenvalue weighted by Crippen LogP contribution is 2.34. The molecule has 1 aromatic carbocycles. The maximum absolute atomic E-state index is 13.9. The average Bonchev–Trinajstić information content (AvgIpc) is 2.48. The number of nitrogens with one attached hydrogen (secondary N) is 1. The second-order valence-corrected chi connectivity index (χ2v) is 6.72. The van der Waals surface area contributed by atoms with E-state index in [9.17, 15) is 4.39 Å². The monoisotopic (exact) mass is 312 g/mol. The summed E-state index contributed by atoms with van der Waals surface area (Å²) in [7, 11) is 0. The van der Waals surface area contributed by atoms with Gasteiger partial charge in [0.2, 0.25) is 0 Å². The molecule has 4 heteroatoms. The number of rotatable bonds is 6. The first-order valence-electron chi connectivity index (χ1n) is 8.04. The molecule has 1 atom stereocenters. The van der Waals surface area contributed by atoms with E-state index in [1.165, 1.54) is 44.6 Å². The number of hydrogen-bond donors (Lipinski definition) is 2. The molecule has 0 amide bonds. The van der Waals surface area contributed by atoms with Crippen LogP contribution in [-0.4, -0.2) is 6.04 Å². The van der Waals surface area contributed by atoms with E-state index in [0.29, 0.717) is 22.9 Å². The molecule has 1 aliphatic carbocycles. The third-order valence-corrected chi connectivity index (χ3v) is 5.06. The summed E-state index contributed by atoms with van der Waals surface area (Å²) in [6.45, 7) is 2.25. The van der Waals surface area contributed by atoms with Gasteiger partial charge < -0.3 is 0 Å². The summed E-state index contributed by atoms with van der Waals surface area (Å²) in [5, 5.41) is 0.439. The normalized spacial score (nSPS) is 24.0. The Morgan fingerprint density at radius 3 is 2.62 bits per heavy atom. The van der Waals surface area contributed by atoms with E-state index in [0.717, 1.165) is 5.92 Å². The SMILES string of the molecule is CCCC1CCC(C(Cc2ccc(Cl)cc2F)NN)CC1. The summed E-state index contributed by atoms with van der Waals surface area (Å²) >= 11 is 5.80. The Morgan fingerprint density at radius 1 is 1.33 bits per heavy atom. The van der Waals surface area contributed by atoms with Gasteiger partial charge in [-0.1, -0.05) is 50.3 Å². The van der Waals surface area contributed by atoms with Gasteiger partial charge in [-0.15, -0.1) is 0 Å². The van der Waals surface area contributed by atoms with Gasteiger partial charge in [-0.2, -0.15) is 0 Å². The van der Waals surface area contributed by atoms with Gasteiger partial charge in [-0.3, -0.25) is 11.3 Å². The van der Waals surface area contributed by atoms with Crippen molar-refractivity contribution >= 4 is 11.6 Å². The second kappa shape index (κ2) is 8.11. The fourth-order valence-corrected chi connectivity index (χ4v) is 3.73. The zero-order valence-corrected chi connectivity index (χ0v) is 13.5. The van der Waals surface area contributed by atoms with Gasteiger partial charge in [0, 0.05) is 11.1 Å². The van der Waals surface area contributed by atoms with E-state index in [-0.39, 0.29) is 11.9 Å². The van der Waals surface area contributed by atoms with Crippen LogP contribution in [0.4, 0.5) is 4.39 Å². The van der Waals surface area contributed by atoms with Crippen LogP contribution >= 0.6 is 11.6 Å². The third-order valence-electron chi connectivity index (χ3n) is 4.83. The van der Waals surface area contributed by atoms with E-state index in [1.807, 2.05) is 0 Å². The van der Waals surface area contributed by atoms with E-state index >= 15 is 0 Å². The summed E-state index contributed by atoms with van der Waals surface area (Å²) in [6, 6.07) is 5.03. The molecule has 1 saturated carbocycles. The molecule has 0 bridgehead atoms. The zero-order valence-electron chi connectivity index (χ0n) is 12.7. The Bertz CT molecular complexity index is 444. The Morgan fingerprint density at radius 2 is 2.05 bits per heavy atom. The molecule has 3 N–H and O–H groups in total. The molecule has 2 nitrogen and oxygen atoms in total. The minimum atomic E-state index is -0.234. The molecule has 21 heavy (non-hydrogen) atoms. The lowest BCUT2D eigenvalue weighted by molar-refractivity contribution is 0.212. The fraction of sp³-hybridized carbons (Fsp3) is 0.647. The Labute approximate surface area is 132 Å². The molecule has 0 aromatic heterocycles. The van der Waals surface area contributed by atoms with Crippen molar-refractivity contribution in [3.05, 3.63) is 34.6 Å². The molecule has 0 heterocycles. The number of benzene rings is 1. The number of hydrazine groups is 1. The van der Waals surface area contributed by atoms with Crippen LogP contribution in [0.5, 0.6) is 0 Å². The first kappa shape index (κ1) is 16.7. The summed E-state index contributed by atoms with van der Waals surface area (Å²) in [5.74, 6) is 6.90. The molecule has 1 fully saturated rings. The highest BCUT2D eigenvalue weighted by molar-refractivity contribution is 6.30. The Kier molecular flexibility index (Phi) is 6.46. The number of halogens is 2. The van der Waals surface area contributed by atoms with E-state index in [2.05, 4.69) is 12.3 Å². The molecule has 2 rings (SSSR count). The van der Waals surface area contributed by atoms with Gasteiger partial charge in [0.25, 0.3) is 0 Å². The summed E-state index contributed by atoms with van der Waals surface area (Å²) in [6.07, 6.45) is 8.16. The molecule has 1 aliphatic rings. The summed E-state index contributed by atoms with van der Waals surface area (Å²) in [4.78, 5) is 0. The van der Waals surface area contributed by atoms with Crippen LogP contribution in [0.3, 0.4) is 0 Å². The topological polar surface area (TPSA) is 38.0 Å². The van der Waals surface area contributed by atoms with Crippen molar-refractivity contribution < 1.29 is 4.39 Å². The lowest BCUT2D eigenvalue weighted by Crippen LogP contribution is -2.43. The fourth-order valence-electron chi connectivity index (χ4n) is 3.57. The first-order valence-corrected chi connectivity index (χ1v) is 8.41. The van der Waals surface area contributed by atoms with Crippen molar-refractivity contribution in [3.63, 3.8) is 0 Å². The quantitative estimate of drug-likeness (QED) is 0.601. The first-order chi connectivity index (χ1) is 10.1. The van der Waals surface area contributed by atoms with Crippen LogP contribution < -0.4 is 11.3 Å². The van der Waals surface area contributed by atoms with E-state index < -0.39 is 0 Å². The molecular weight excluding hydrogens is 287 g/mol. The molecule has 118 valence electrons. The van der Waals surface area contributed by atoms with Crippen molar-refractivity contribution in [1.29, 1.82) is 0 Å². The largest absolute Gasteiger partial charge is 0.271 e. The number of hydrogen-bond acceptors (Lipinski definition) is 2. The lowest BCUT2D eigenvalue weighted by Gasteiger charge is -2.33. The predicted molar refractivity (Wildman–Crippen MR) is 86.6 cm³/mol. The van der Waals surface area contributed by atoms with Gasteiger partial charge in [0.05, 0.1) is 0 Å². The van der Waals surface area contributed by atoms with Crippen molar-refractivity contribution in [2.75, 3.05) is 0 Å². The molecule has 0 saturated heterocycles. The second-order valence-electron chi connectivity index (χ2n) is 6.28. The molecule has 0 radical (unpaired) electrons. The Balaban J connectivity index is 1.94. The van der Waals surface area contributed by atoms with E-state index in [1.54, 1.807) is 12.1 Å². The summed E-state index contributed by atoms with van der Waals surface area (Å²) in [5.41, 5.74) is 3.60. The van der Waals surface area contributed by atoms with Crippen LogP contribution in [0.25, 0.3) is 0 Å². The molecule has 0 spiro atoms. The van der Waals surface area contributed by atoms with Crippen molar-refractivity contribution in [2.45, 2.75) is 57.9 Å². The predicted octanol–water partition coefficient (Wildman–Crippen LogP) is 4.46. The smallest absolute Gasteiger partial charge is 0.127 e. The maximum atomic E-state index is 13.9. The van der Waals surface area contributed by atoms with Crippen molar-refractivity contribution in [1.82, 2.24) is 5.43 Å². The zero-order chi connectivity index (χ0) is 15.2. The minimum absolute atomic E-state index is 0.142. The highest BCUT2D eigenvalue weighted by Gasteiger charge is 2.27. The minimum Gasteiger partial charge on any atom is -0.271 e. The number of nitrogens with two attached hydrogens (primary N) is 1. The average molecular weight is 313 g/mol. The van der Waals surface area contributed by atoms with Crippen LogP contribution in [-0.2, 0) is 6.42 Å². The molecule has 1 aromatic rings.